The SMILES string of the molecule is COCCC(C)(C)CNCC(O)c1ccc(OC)cc1. The lowest BCUT2D eigenvalue weighted by molar-refractivity contribution is 0.140. The van der Waals surface area contributed by atoms with Crippen molar-refractivity contribution in [3.63, 3.8) is 0 Å². The van der Waals surface area contributed by atoms with Crippen LogP contribution in [-0.4, -0.2) is 39.0 Å². The van der Waals surface area contributed by atoms with Gasteiger partial charge < -0.3 is 19.9 Å². The Bertz CT molecular complexity index is 376. The van der Waals surface area contributed by atoms with Crippen molar-refractivity contribution in [1.82, 2.24) is 5.32 Å². The van der Waals surface area contributed by atoms with Crippen LogP contribution in [0.3, 0.4) is 0 Å². The van der Waals surface area contributed by atoms with Crippen LogP contribution >= 0.6 is 0 Å². The second kappa shape index (κ2) is 8.25. The Morgan fingerprint density at radius 1 is 1.20 bits per heavy atom. The average molecular weight is 281 g/mol. The first-order valence-electron chi connectivity index (χ1n) is 7.00. The normalized spacial score (nSPS) is 13.2. The van der Waals surface area contributed by atoms with Crippen molar-refractivity contribution in [2.75, 3.05) is 33.9 Å². The van der Waals surface area contributed by atoms with Crippen LogP contribution in [0.4, 0.5) is 0 Å². The maximum atomic E-state index is 10.1. The van der Waals surface area contributed by atoms with E-state index in [1.165, 1.54) is 0 Å². The van der Waals surface area contributed by atoms with Gasteiger partial charge in [-0.15, -0.1) is 0 Å². The van der Waals surface area contributed by atoms with E-state index in [4.69, 9.17) is 9.47 Å². The number of nitrogens with one attached hydrogen (secondary N) is 1. The van der Waals surface area contributed by atoms with Gasteiger partial charge in [0.25, 0.3) is 0 Å². The zero-order valence-electron chi connectivity index (χ0n) is 13.0. The molecule has 0 heterocycles. The first-order valence-corrected chi connectivity index (χ1v) is 7.00. The summed E-state index contributed by atoms with van der Waals surface area (Å²) in [6.07, 6.45) is 0.494. The van der Waals surface area contributed by atoms with Crippen molar-refractivity contribution in [2.24, 2.45) is 5.41 Å². The Morgan fingerprint density at radius 3 is 2.40 bits per heavy atom. The fraction of sp³-hybridized carbons (Fsp3) is 0.625. The molecule has 1 rings (SSSR count). The third-order valence-electron chi connectivity index (χ3n) is 3.42. The lowest BCUT2D eigenvalue weighted by atomic mass is 9.89. The molecule has 2 N–H and O–H groups in total. The lowest BCUT2D eigenvalue weighted by Gasteiger charge is -2.25. The van der Waals surface area contributed by atoms with E-state index in [9.17, 15) is 5.11 Å². The smallest absolute Gasteiger partial charge is 0.118 e. The van der Waals surface area contributed by atoms with Crippen molar-refractivity contribution in [3.05, 3.63) is 29.8 Å². The van der Waals surface area contributed by atoms with Crippen molar-refractivity contribution in [2.45, 2.75) is 26.4 Å². The standard InChI is InChI=1S/C16H27NO3/c1-16(2,9-10-19-3)12-17-11-15(18)13-5-7-14(20-4)8-6-13/h5-8,15,17-18H,9-12H2,1-4H3. The van der Waals surface area contributed by atoms with Gasteiger partial charge in [0.2, 0.25) is 0 Å². The van der Waals surface area contributed by atoms with E-state index < -0.39 is 6.10 Å². The molecule has 0 fully saturated rings. The summed E-state index contributed by atoms with van der Waals surface area (Å²) in [6, 6.07) is 7.50. The number of rotatable bonds is 9. The number of methoxy groups -OCH3 is 2. The number of aliphatic hydroxyl groups excluding tert-OH is 1. The van der Waals surface area contributed by atoms with Gasteiger partial charge in [-0.25, -0.2) is 0 Å². The van der Waals surface area contributed by atoms with Gasteiger partial charge in [0.15, 0.2) is 0 Å². The van der Waals surface area contributed by atoms with Gasteiger partial charge in [-0.2, -0.15) is 0 Å². The molecule has 0 amide bonds. The van der Waals surface area contributed by atoms with E-state index in [0.717, 1.165) is 30.9 Å². The second-order valence-electron chi connectivity index (χ2n) is 5.83. The summed E-state index contributed by atoms with van der Waals surface area (Å²) in [5, 5.41) is 13.5. The van der Waals surface area contributed by atoms with Gasteiger partial charge in [-0.1, -0.05) is 26.0 Å². The van der Waals surface area contributed by atoms with E-state index in [-0.39, 0.29) is 5.41 Å². The van der Waals surface area contributed by atoms with Crippen LogP contribution < -0.4 is 10.1 Å². The first-order chi connectivity index (χ1) is 9.48. The summed E-state index contributed by atoms with van der Waals surface area (Å²) >= 11 is 0. The molecule has 0 saturated heterocycles. The number of hydrogen-bond acceptors (Lipinski definition) is 4. The maximum absolute atomic E-state index is 10.1. The third kappa shape index (κ3) is 5.90. The van der Waals surface area contributed by atoms with Crippen molar-refractivity contribution in [3.8, 4) is 5.75 Å². The summed E-state index contributed by atoms with van der Waals surface area (Å²) in [5.41, 5.74) is 1.06. The monoisotopic (exact) mass is 281 g/mol. The fourth-order valence-electron chi connectivity index (χ4n) is 1.96. The van der Waals surface area contributed by atoms with Gasteiger partial charge in [0, 0.05) is 26.8 Å². The molecule has 1 unspecified atom stereocenters. The highest BCUT2D eigenvalue weighted by Gasteiger charge is 2.17. The van der Waals surface area contributed by atoms with Crippen molar-refractivity contribution in [1.29, 1.82) is 0 Å². The molecular weight excluding hydrogens is 254 g/mol. The van der Waals surface area contributed by atoms with Crippen LogP contribution in [0, 0.1) is 5.41 Å². The van der Waals surface area contributed by atoms with Gasteiger partial charge in [-0.3, -0.25) is 0 Å². The number of aliphatic hydroxyl groups is 1. The van der Waals surface area contributed by atoms with Crippen molar-refractivity contribution < 1.29 is 14.6 Å². The minimum Gasteiger partial charge on any atom is -0.497 e. The zero-order valence-corrected chi connectivity index (χ0v) is 13.0. The van der Waals surface area contributed by atoms with Gasteiger partial charge in [0.1, 0.15) is 5.75 Å². The predicted molar refractivity (Wildman–Crippen MR) is 81.1 cm³/mol. The Hall–Kier alpha value is -1.10. The van der Waals surface area contributed by atoms with Gasteiger partial charge >= 0.3 is 0 Å². The Balaban J connectivity index is 2.36. The van der Waals surface area contributed by atoms with Crippen LogP contribution in [0.25, 0.3) is 0 Å². The van der Waals surface area contributed by atoms with Crippen LogP contribution in [0.1, 0.15) is 31.9 Å². The fourth-order valence-corrected chi connectivity index (χ4v) is 1.96. The molecule has 1 atom stereocenters. The van der Waals surface area contributed by atoms with Crippen LogP contribution in [0.15, 0.2) is 24.3 Å². The summed E-state index contributed by atoms with van der Waals surface area (Å²) in [5.74, 6) is 0.801. The van der Waals surface area contributed by atoms with Crippen molar-refractivity contribution >= 4 is 0 Å². The molecule has 0 aliphatic rings. The molecule has 114 valence electrons. The molecule has 4 heteroatoms. The molecule has 0 radical (unpaired) electrons. The number of hydrogen-bond donors (Lipinski definition) is 2. The molecule has 0 aliphatic carbocycles. The van der Waals surface area contributed by atoms with E-state index in [1.54, 1.807) is 14.2 Å². The predicted octanol–water partition coefficient (Wildman–Crippen LogP) is 2.38. The summed E-state index contributed by atoms with van der Waals surface area (Å²) in [7, 11) is 3.35. The zero-order chi connectivity index (χ0) is 15.0. The molecule has 0 bridgehead atoms. The minimum absolute atomic E-state index is 0.162. The number of ether oxygens (including phenoxy) is 2. The van der Waals surface area contributed by atoms with E-state index >= 15 is 0 Å². The molecular formula is C16H27NO3. The first kappa shape index (κ1) is 17.0. The molecule has 0 spiro atoms. The molecule has 0 saturated carbocycles. The van der Waals surface area contributed by atoms with Crippen LogP contribution in [0.2, 0.25) is 0 Å². The lowest BCUT2D eigenvalue weighted by Crippen LogP contribution is -2.33. The van der Waals surface area contributed by atoms with Gasteiger partial charge in [0.05, 0.1) is 13.2 Å². The third-order valence-corrected chi connectivity index (χ3v) is 3.42. The molecule has 20 heavy (non-hydrogen) atoms. The van der Waals surface area contributed by atoms with Crippen LogP contribution in [-0.2, 0) is 4.74 Å². The summed E-state index contributed by atoms with van der Waals surface area (Å²) in [4.78, 5) is 0. The minimum atomic E-state index is -0.501. The van der Waals surface area contributed by atoms with Gasteiger partial charge in [-0.05, 0) is 29.5 Å². The number of benzene rings is 1. The Kier molecular flexibility index (Phi) is 6.99. The molecule has 4 nitrogen and oxygen atoms in total. The maximum Gasteiger partial charge on any atom is 0.118 e. The molecule has 0 aromatic heterocycles. The molecule has 1 aromatic rings. The van der Waals surface area contributed by atoms with Crippen LogP contribution in [0.5, 0.6) is 5.75 Å². The average Bonchev–Trinajstić information content (AvgIpc) is 2.45. The van der Waals surface area contributed by atoms with E-state index in [0.29, 0.717) is 6.54 Å². The summed E-state index contributed by atoms with van der Waals surface area (Å²) in [6.45, 7) is 6.54. The Morgan fingerprint density at radius 2 is 1.85 bits per heavy atom. The Labute approximate surface area is 122 Å². The largest absolute Gasteiger partial charge is 0.497 e. The van der Waals surface area contributed by atoms with E-state index in [1.807, 2.05) is 24.3 Å². The second-order valence-corrected chi connectivity index (χ2v) is 5.83. The van der Waals surface area contributed by atoms with E-state index in [2.05, 4.69) is 19.2 Å². The topological polar surface area (TPSA) is 50.7 Å². The highest BCUT2D eigenvalue weighted by atomic mass is 16.5. The summed E-state index contributed by atoms with van der Waals surface area (Å²) < 4.78 is 10.2. The highest BCUT2D eigenvalue weighted by Crippen LogP contribution is 2.20. The quantitative estimate of drug-likeness (QED) is 0.729. The highest BCUT2D eigenvalue weighted by molar-refractivity contribution is 5.28. The molecule has 1 aromatic carbocycles. The molecule has 0 aliphatic heterocycles.